The lowest BCUT2D eigenvalue weighted by Gasteiger charge is -2.03. The average Bonchev–Trinajstić information content (AvgIpc) is 2.17. The maximum atomic E-state index is 11.4. The largest absolute Gasteiger partial charge is 0.368 e. The summed E-state index contributed by atoms with van der Waals surface area (Å²) in [6, 6.07) is 6.75. The average molecular weight is 273 g/mol. The van der Waals surface area contributed by atoms with Crippen molar-refractivity contribution in [3.05, 3.63) is 34.3 Å². The number of carbonyl (C=O) groups excluding carboxylic acids is 2. The zero-order valence-corrected chi connectivity index (χ0v) is 9.28. The van der Waals surface area contributed by atoms with Gasteiger partial charge >= 0.3 is 0 Å². The third-order valence-electron chi connectivity index (χ3n) is 1.47. The summed E-state index contributed by atoms with van der Waals surface area (Å²) < 4.78 is 0.782. The number of carbonyl (C=O) groups is 2. The van der Waals surface area contributed by atoms with Gasteiger partial charge in [0.25, 0.3) is 5.91 Å². The molecular formula is C9H9BrN2O3. The first kappa shape index (κ1) is 11.7. The molecule has 0 aromatic heterocycles. The molecule has 6 heteroatoms. The minimum absolute atomic E-state index is 0.347. The summed E-state index contributed by atoms with van der Waals surface area (Å²) >= 11 is 3.23. The Kier molecular flexibility index (Phi) is 4.26. The zero-order chi connectivity index (χ0) is 11.3. The molecule has 0 atom stereocenters. The smallest absolute Gasteiger partial charge is 0.274 e. The van der Waals surface area contributed by atoms with Crippen molar-refractivity contribution in [1.82, 2.24) is 5.48 Å². The number of nitrogens with one attached hydrogen (secondary N) is 1. The van der Waals surface area contributed by atoms with Crippen molar-refractivity contribution < 1.29 is 14.4 Å². The molecule has 3 N–H and O–H groups in total. The van der Waals surface area contributed by atoms with Crippen LogP contribution in [0.25, 0.3) is 0 Å². The highest BCUT2D eigenvalue weighted by Crippen LogP contribution is 2.11. The number of halogens is 1. The summed E-state index contributed by atoms with van der Waals surface area (Å²) in [6.45, 7) is -0.347. The number of rotatable bonds is 4. The molecule has 2 amide bonds. The molecule has 80 valence electrons. The Balaban J connectivity index is 2.50. The molecule has 0 fully saturated rings. The molecule has 0 saturated carbocycles. The van der Waals surface area contributed by atoms with Gasteiger partial charge in [-0.3, -0.25) is 14.4 Å². The predicted octanol–water partition coefficient (Wildman–Crippen LogP) is 0.596. The summed E-state index contributed by atoms with van der Waals surface area (Å²) in [5.41, 5.74) is 7.34. The van der Waals surface area contributed by atoms with Crippen LogP contribution < -0.4 is 11.2 Å². The Morgan fingerprint density at radius 1 is 1.47 bits per heavy atom. The molecule has 0 aliphatic carbocycles. The molecule has 5 nitrogen and oxygen atoms in total. The van der Waals surface area contributed by atoms with Crippen LogP contribution in [0.2, 0.25) is 0 Å². The molecule has 0 unspecified atom stereocenters. The Hall–Kier alpha value is -1.40. The first-order chi connectivity index (χ1) is 7.09. The fourth-order valence-electron chi connectivity index (χ4n) is 0.861. The van der Waals surface area contributed by atoms with Crippen LogP contribution in [0.3, 0.4) is 0 Å². The van der Waals surface area contributed by atoms with Gasteiger partial charge in [-0.15, -0.1) is 0 Å². The fraction of sp³-hybridized carbons (Fsp3) is 0.111. The first-order valence-corrected chi connectivity index (χ1v) is 4.85. The van der Waals surface area contributed by atoms with E-state index < -0.39 is 11.8 Å². The van der Waals surface area contributed by atoms with Gasteiger partial charge in [0.15, 0.2) is 6.61 Å². The summed E-state index contributed by atoms with van der Waals surface area (Å²) in [5.74, 6) is -1.08. The Morgan fingerprint density at radius 3 is 2.80 bits per heavy atom. The molecular weight excluding hydrogens is 264 g/mol. The fourth-order valence-corrected chi connectivity index (χ4v) is 1.26. The number of hydroxylamine groups is 1. The molecule has 0 radical (unpaired) electrons. The van der Waals surface area contributed by atoms with Crippen molar-refractivity contribution in [2.75, 3.05) is 6.61 Å². The van der Waals surface area contributed by atoms with Gasteiger partial charge in [0, 0.05) is 10.0 Å². The lowest BCUT2D eigenvalue weighted by atomic mass is 10.2. The van der Waals surface area contributed by atoms with E-state index in [1.807, 2.05) is 0 Å². The zero-order valence-electron chi connectivity index (χ0n) is 7.70. The Bertz CT molecular complexity index is 381. The van der Waals surface area contributed by atoms with Gasteiger partial charge in [-0.25, -0.2) is 5.48 Å². The summed E-state index contributed by atoms with van der Waals surface area (Å²) in [4.78, 5) is 26.2. The van der Waals surface area contributed by atoms with Crippen molar-refractivity contribution in [1.29, 1.82) is 0 Å². The van der Waals surface area contributed by atoms with E-state index in [9.17, 15) is 9.59 Å². The lowest BCUT2D eigenvalue weighted by Crippen LogP contribution is -2.29. The van der Waals surface area contributed by atoms with Crippen molar-refractivity contribution in [3.8, 4) is 0 Å². The molecule has 0 spiro atoms. The van der Waals surface area contributed by atoms with Gasteiger partial charge in [-0.2, -0.15) is 0 Å². The highest BCUT2D eigenvalue weighted by molar-refractivity contribution is 9.10. The Labute approximate surface area is 94.7 Å². The van der Waals surface area contributed by atoms with Crippen LogP contribution in [0.15, 0.2) is 28.7 Å². The maximum absolute atomic E-state index is 11.4. The second kappa shape index (κ2) is 5.47. The molecule has 1 rings (SSSR count). The molecule has 0 saturated heterocycles. The van der Waals surface area contributed by atoms with Crippen LogP contribution >= 0.6 is 15.9 Å². The van der Waals surface area contributed by atoms with Crippen molar-refractivity contribution in [2.24, 2.45) is 5.73 Å². The number of primary amides is 1. The number of benzene rings is 1. The molecule has 0 aliphatic heterocycles. The highest BCUT2D eigenvalue weighted by atomic mass is 79.9. The normalized spacial score (nSPS) is 9.67. The molecule has 1 aromatic rings. The lowest BCUT2D eigenvalue weighted by molar-refractivity contribution is -0.124. The van der Waals surface area contributed by atoms with E-state index in [2.05, 4.69) is 26.2 Å². The van der Waals surface area contributed by atoms with E-state index in [1.54, 1.807) is 24.3 Å². The van der Waals surface area contributed by atoms with E-state index >= 15 is 0 Å². The van der Waals surface area contributed by atoms with Gasteiger partial charge in [0.2, 0.25) is 5.91 Å². The molecule has 0 heterocycles. The van der Waals surface area contributed by atoms with Crippen molar-refractivity contribution in [3.63, 3.8) is 0 Å². The Morgan fingerprint density at radius 2 is 2.20 bits per heavy atom. The van der Waals surface area contributed by atoms with Gasteiger partial charge in [0.05, 0.1) is 0 Å². The number of amides is 2. The number of hydrogen-bond acceptors (Lipinski definition) is 3. The van der Waals surface area contributed by atoms with Crippen molar-refractivity contribution >= 4 is 27.7 Å². The van der Waals surface area contributed by atoms with Gasteiger partial charge in [0.1, 0.15) is 0 Å². The van der Waals surface area contributed by atoms with Crippen LogP contribution in [0.4, 0.5) is 0 Å². The molecule has 0 aliphatic rings. The van der Waals surface area contributed by atoms with E-state index in [0.29, 0.717) is 5.56 Å². The topological polar surface area (TPSA) is 81.4 Å². The number of nitrogens with two attached hydrogens (primary N) is 1. The minimum Gasteiger partial charge on any atom is -0.368 e. The van der Waals surface area contributed by atoms with Gasteiger partial charge < -0.3 is 5.73 Å². The third-order valence-corrected chi connectivity index (χ3v) is 1.96. The molecule has 1 aromatic carbocycles. The van der Waals surface area contributed by atoms with Gasteiger partial charge in [-0.1, -0.05) is 22.0 Å². The second-order valence-electron chi connectivity index (χ2n) is 2.70. The standard InChI is InChI=1S/C9H9BrN2O3/c10-7-3-1-2-6(4-7)9(14)12-15-5-8(11)13/h1-4H,5H2,(H2,11,13)(H,12,14). The maximum Gasteiger partial charge on any atom is 0.274 e. The van der Waals surface area contributed by atoms with Gasteiger partial charge in [-0.05, 0) is 18.2 Å². The predicted molar refractivity (Wildman–Crippen MR) is 56.8 cm³/mol. The van der Waals surface area contributed by atoms with E-state index in [4.69, 9.17) is 5.73 Å². The van der Waals surface area contributed by atoms with Crippen LogP contribution in [-0.2, 0) is 9.63 Å². The summed E-state index contributed by atoms with van der Waals surface area (Å²) in [6.07, 6.45) is 0. The second-order valence-corrected chi connectivity index (χ2v) is 3.61. The molecule has 0 bridgehead atoms. The highest BCUT2D eigenvalue weighted by Gasteiger charge is 2.05. The minimum atomic E-state index is -0.649. The SMILES string of the molecule is NC(=O)CONC(=O)c1cccc(Br)c1. The van der Waals surface area contributed by atoms with Crippen LogP contribution in [0.1, 0.15) is 10.4 Å². The quantitative estimate of drug-likeness (QED) is 0.788. The van der Waals surface area contributed by atoms with Crippen LogP contribution in [0.5, 0.6) is 0 Å². The summed E-state index contributed by atoms with van der Waals surface area (Å²) in [7, 11) is 0. The monoisotopic (exact) mass is 272 g/mol. The van der Waals surface area contributed by atoms with E-state index in [0.717, 1.165) is 4.47 Å². The first-order valence-electron chi connectivity index (χ1n) is 4.05. The van der Waals surface area contributed by atoms with E-state index in [-0.39, 0.29) is 6.61 Å². The van der Waals surface area contributed by atoms with Crippen molar-refractivity contribution in [2.45, 2.75) is 0 Å². The molecule has 15 heavy (non-hydrogen) atoms. The number of hydrogen-bond donors (Lipinski definition) is 2. The third kappa shape index (κ3) is 4.09. The summed E-state index contributed by atoms with van der Waals surface area (Å²) in [5, 5.41) is 0. The van der Waals surface area contributed by atoms with E-state index in [1.165, 1.54) is 0 Å². The van der Waals surface area contributed by atoms with Crippen LogP contribution in [0, 0.1) is 0 Å². The van der Waals surface area contributed by atoms with Crippen LogP contribution in [-0.4, -0.2) is 18.4 Å².